The van der Waals surface area contributed by atoms with E-state index in [1.54, 1.807) is 12.1 Å². The van der Waals surface area contributed by atoms with E-state index >= 15 is 0 Å². The second-order valence-corrected chi connectivity index (χ2v) is 8.56. The lowest BCUT2D eigenvalue weighted by Crippen LogP contribution is -2.24. The topological polar surface area (TPSA) is 93.7 Å². The minimum Gasteiger partial charge on any atom is -0.495 e. The summed E-state index contributed by atoms with van der Waals surface area (Å²) in [6.07, 6.45) is 1.63. The van der Waals surface area contributed by atoms with E-state index in [0.717, 1.165) is 18.4 Å². The molecule has 0 bridgehead atoms. The van der Waals surface area contributed by atoms with Gasteiger partial charge in [-0.1, -0.05) is 31.0 Å². The number of halogens is 1. The number of anilines is 1. The van der Waals surface area contributed by atoms with Crippen molar-refractivity contribution in [1.82, 2.24) is 4.72 Å². The van der Waals surface area contributed by atoms with E-state index in [1.165, 1.54) is 25.3 Å². The minimum atomic E-state index is -3.64. The number of aryl methyl sites for hydroxylation is 1. The first-order chi connectivity index (χ1) is 13.8. The summed E-state index contributed by atoms with van der Waals surface area (Å²) in [7, 11) is -2.12. The number of sulfonamides is 1. The number of carbonyl (C=O) groups is 1. The molecule has 1 amide bonds. The Morgan fingerprint density at radius 3 is 2.52 bits per heavy atom. The number of nitrogens with one attached hydrogen (secondary N) is 2. The molecule has 0 unspecified atom stereocenters. The molecular formula is C20H25ClN2O5S. The first kappa shape index (κ1) is 23.0. The number of carbonyl (C=O) groups excluding carboxylic acids is 1. The van der Waals surface area contributed by atoms with Gasteiger partial charge in [-0.05, 0) is 49.2 Å². The Labute approximate surface area is 176 Å². The molecule has 0 spiro atoms. The van der Waals surface area contributed by atoms with E-state index in [0.29, 0.717) is 18.0 Å². The quantitative estimate of drug-likeness (QED) is 0.549. The Hall–Kier alpha value is -2.29. The predicted molar refractivity (Wildman–Crippen MR) is 113 cm³/mol. The summed E-state index contributed by atoms with van der Waals surface area (Å²) in [6, 6.07) is 9.53. The van der Waals surface area contributed by atoms with Gasteiger partial charge in [-0.15, -0.1) is 0 Å². The number of methoxy groups -OCH3 is 1. The fraction of sp³-hybridized carbons (Fsp3) is 0.350. The molecule has 0 heterocycles. The molecule has 2 aromatic rings. The average Bonchev–Trinajstić information content (AvgIpc) is 2.67. The van der Waals surface area contributed by atoms with Gasteiger partial charge in [0.15, 0.2) is 6.61 Å². The maximum atomic E-state index is 12.2. The number of unbranched alkanes of at least 4 members (excludes halogenated alkanes) is 1. The zero-order valence-electron chi connectivity index (χ0n) is 16.6. The number of rotatable bonds is 10. The van der Waals surface area contributed by atoms with Crippen molar-refractivity contribution in [1.29, 1.82) is 0 Å². The lowest BCUT2D eigenvalue weighted by molar-refractivity contribution is -0.118. The van der Waals surface area contributed by atoms with Gasteiger partial charge < -0.3 is 14.8 Å². The van der Waals surface area contributed by atoms with Crippen molar-refractivity contribution < 1.29 is 22.7 Å². The Balaban J connectivity index is 2.01. The highest BCUT2D eigenvalue weighted by Crippen LogP contribution is 2.28. The molecular weight excluding hydrogens is 416 g/mol. The van der Waals surface area contributed by atoms with Crippen molar-refractivity contribution in [3.8, 4) is 11.5 Å². The van der Waals surface area contributed by atoms with Crippen LogP contribution < -0.4 is 19.5 Å². The van der Waals surface area contributed by atoms with Crippen LogP contribution in [0.15, 0.2) is 41.3 Å². The third-order valence-electron chi connectivity index (χ3n) is 4.02. The van der Waals surface area contributed by atoms with Crippen LogP contribution >= 0.6 is 11.6 Å². The lowest BCUT2D eigenvalue weighted by atomic mass is 10.2. The van der Waals surface area contributed by atoms with Crippen LogP contribution in [-0.2, 0) is 14.8 Å². The second-order valence-electron chi connectivity index (χ2n) is 6.38. The van der Waals surface area contributed by atoms with Gasteiger partial charge in [-0.2, -0.15) is 0 Å². The highest BCUT2D eigenvalue weighted by atomic mass is 35.5. The molecule has 0 saturated heterocycles. The first-order valence-corrected chi connectivity index (χ1v) is 11.0. The zero-order chi connectivity index (χ0) is 21.4. The molecule has 0 aliphatic heterocycles. The third-order valence-corrected chi connectivity index (χ3v) is 5.78. The van der Waals surface area contributed by atoms with E-state index < -0.39 is 15.9 Å². The van der Waals surface area contributed by atoms with Crippen LogP contribution in [0.5, 0.6) is 11.5 Å². The van der Waals surface area contributed by atoms with Crippen LogP contribution in [0.2, 0.25) is 5.02 Å². The summed E-state index contributed by atoms with van der Waals surface area (Å²) in [5.41, 5.74) is 1.50. The van der Waals surface area contributed by atoms with E-state index in [2.05, 4.69) is 10.0 Å². The summed E-state index contributed by atoms with van der Waals surface area (Å²) in [5.74, 6) is 0.348. The van der Waals surface area contributed by atoms with E-state index in [-0.39, 0.29) is 22.3 Å². The van der Waals surface area contributed by atoms with Crippen molar-refractivity contribution in [2.24, 2.45) is 0 Å². The monoisotopic (exact) mass is 440 g/mol. The maximum Gasteiger partial charge on any atom is 0.262 e. The van der Waals surface area contributed by atoms with Gasteiger partial charge in [0, 0.05) is 6.54 Å². The molecule has 0 fully saturated rings. The summed E-state index contributed by atoms with van der Waals surface area (Å²) in [4.78, 5) is 12.3. The SMILES string of the molecule is CCCCNS(=O)(=O)c1ccc(OCC(=O)Nc2cc(C)ccc2OC)c(Cl)c1. The normalized spacial score (nSPS) is 11.2. The van der Waals surface area contributed by atoms with Gasteiger partial charge in [0.05, 0.1) is 22.7 Å². The van der Waals surface area contributed by atoms with E-state index in [1.807, 2.05) is 19.9 Å². The Morgan fingerprint density at radius 2 is 1.86 bits per heavy atom. The van der Waals surface area contributed by atoms with E-state index in [9.17, 15) is 13.2 Å². The van der Waals surface area contributed by atoms with Crippen molar-refractivity contribution in [3.05, 3.63) is 47.0 Å². The first-order valence-electron chi connectivity index (χ1n) is 9.13. The lowest BCUT2D eigenvalue weighted by Gasteiger charge is -2.13. The smallest absolute Gasteiger partial charge is 0.262 e. The molecule has 0 saturated carbocycles. The van der Waals surface area contributed by atoms with E-state index in [4.69, 9.17) is 21.1 Å². The Morgan fingerprint density at radius 1 is 1.14 bits per heavy atom. The van der Waals surface area contributed by atoms with Crippen molar-refractivity contribution in [2.75, 3.05) is 25.6 Å². The van der Waals surface area contributed by atoms with Gasteiger partial charge in [0.25, 0.3) is 5.91 Å². The van der Waals surface area contributed by atoms with Crippen LogP contribution in [0.25, 0.3) is 0 Å². The molecule has 2 rings (SSSR count). The minimum absolute atomic E-state index is 0.0416. The number of hydrogen-bond acceptors (Lipinski definition) is 5. The molecule has 2 N–H and O–H groups in total. The zero-order valence-corrected chi connectivity index (χ0v) is 18.2. The van der Waals surface area contributed by atoms with Crippen LogP contribution in [-0.4, -0.2) is 34.6 Å². The average molecular weight is 441 g/mol. The summed E-state index contributed by atoms with van der Waals surface area (Å²) in [6.45, 7) is 3.94. The van der Waals surface area contributed by atoms with Gasteiger partial charge in [-0.3, -0.25) is 4.79 Å². The van der Waals surface area contributed by atoms with Gasteiger partial charge in [-0.25, -0.2) is 13.1 Å². The van der Waals surface area contributed by atoms with Crippen molar-refractivity contribution in [2.45, 2.75) is 31.6 Å². The van der Waals surface area contributed by atoms with Gasteiger partial charge in [0.2, 0.25) is 10.0 Å². The number of amides is 1. The van der Waals surface area contributed by atoms with Crippen LogP contribution in [0.4, 0.5) is 5.69 Å². The fourth-order valence-electron chi connectivity index (χ4n) is 2.48. The molecule has 158 valence electrons. The second kappa shape index (κ2) is 10.5. The van der Waals surface area contributed by atoms with Crippen LogP contribution in [0, 0.1) is 6.92 Å². The molecule has 0 radical (unpaired) electrons. The van der Waals surface area contributed by atoms with Crippen molar-refractivity contribution in [3.63, 3.8) is 0 Å². The number of hydrogen-bond donors (Lipinski definition) is 2. The molecule has 0 aliphatic carbocycles. The fourth-order valence-corrected chi connectivity index (χ4v) is 3.88. The molecule has 0 atom stereocenters. The van der Waals surface area contributed by atoms with Gasteiger partial charge >= 0.3 is 0 Å². The molecule has 7 nitrogen and oxygen atoms in total. The highest BCUT2D eigenvalue weighted by molar-refractivity contribution is 7.89. The number of benzene rings is 2. The highest BCUT2D eigenvalue weighted by Gasteiger charge is 2.16. The van der Waals surface area contributed by atoms with Crippen LogP contribution in [0.1, 0.15) is 25.3 Å². The maximum absolute atomic E-state index is 12.2. The Bertz CT molecular complexity index is 963. The van der Waals surface area contributed by atoms with Crippen molar-refractivity contribution >= 4 is 33.2 Å². The van der Waals surface area contributed by atoms with Crippen LogP contribution in [0.3, 0.4) is 0 Å². The molecule has 2 aromatic carbocycles. The molecule has 29 heavy (non-hydrogen) atoms. The molecule has 0 aromatic heterocycles. The Kier molecular flexibility index (Phi) is 8.31. The summed E-state index contributed by atoms with van der Waals surface area (Å²) < 4.78 is 37.7. The van der Waals surface area contributed by atoms with Gasteiger partial charge in [0.1, 0.15) is 11.5 Å². The summed E-state index contributed by atoms with van der Waals surface area (Å²) >= 11 is 6.14. The molecule has 0 aliphatic rings. The number of ether oxygens (including phenoxy) is 2. The summed E-state index contributed by atoms with van der Waals surface area (Å²) in [5, 5.41) is 2.82. The predicted octanol–water partition coefficient (Wildman–Crippen LogP) is 3.75. The molecule has 9 heteroatoms. The standard InChI is InChI=1S/C20H25ClN2O5S/c1-4-5-10-22-29(25,26)15-7-9-18(16(21)12-15)28-13-20(24)23-17-11-14(2)6-8-19(17)27-3/h6-9,11-12,22H,4-5,10,13H2,1-3H3,(H,23,24). The largest absolute Gasteiger partial charge is 0.495 e. The third kappa shape index (κ3) is 6.62.